The molecule has 0 aromatic carbocycles. The first-order chi connectivity index (χ1) is 8.38. The molecule has 3 nitrogen and oxygen atoms in total. The second-order valence-corrected chi connectivity index (χ2v) is 7.13. The number of fused-ring (bicyclic) bond motifs is 10. The van der Waals surface area contributed by atoms with Gasteiger partial charge in [-0.3, -0.25) is 0 Å². The van der Waals surface area contributed by atoms with Crippen molar-refractivity contribution in [3.05, 3.63) is 0 Å². The number of epoxide rings is 2. The first kappa shape index (κ1) is 8.89. The molecule has 6 fully saturated rings. The Morgan fingerprint density at radius 1 is 0.647 bits per heavy atom. The van der Waals surface area contributed by atoms with Crippen LogP contribution in [0.5, 0.6) is 0 Å². The Hall–Kier alpha value is -0.120. The van der Waals surface area contributed by atoms with Crippen LogP contribution >= 0.6 is 0 Å². The summed E-state index contributed by atoms with van der Waals surface area (Å²) >= 11 is 0. The van der Waals surface area contributed by atoms with Gasteiger partial charge in [0.1, 0.15) is 0 Å². The third-order valence-corrected chi connectivity index (χ3v) is 6.42. The summed E-state index contributed by atoms with van der Waals surface area (Å²) in [5.41, 5.74) is 0. The molecule has 4 bridgehead atoms. The molecule has 10 unspecified atom stereocenters. The summed E-state index contributed by atoms with van der Waals surface area (Å²) in [5, 5.41) is 0. The average molecular weight is 234 g/mol. The van der Waals surface area contributed by atoms with Gasteiger partial charge >= 0.3 is 0 Å². The zero-order valence-electron chi connectivity index (χ0n) is 9.83. The van der Waals surface area contributed by atoms with Gasteiger partial charge in [-0.2, -0.15) is 0 Å². The van der Waals surface area contributed by atoms with Gasteiger partial charge in [-0.1, -0.05) is 0 Å². The lowest BCUT2D eigenvalue weighted by Crippen LogP contribution is -2.34. The molecule has 10 atom stereocenters. The fraction of sp³-hybridized carbons (Fsp3) is 1.00. The van der Waals surface area contributed by atoms with Gasteiger partial charge in [-0.25, -0.2) is 0 Å². The minimum atomic E-state index is 0.519. The van der Waals surface area contributed by atoms with Crippen molar-refractivity contribution >= 4 is 0 Å². The van der Waals surface area contributed by atoms with E-state index in [9.17, 15) is 0 Å². The minimum absolute atomic E-state index is 0.519. The number of ether oxygens (including phenoxy) is 3. The second-order valence-electron chi connectivity index (χ2n) is 7.13. The highest BCUT2D eigenvalue weighted by atomic mass is 16.6. The molecule has 6 aliphatic rings. The van der Waals surface area contributed by atoms with Gasteiger partial charge < -0.3 is 14.2 Å². The molecule has 0 radical (unpaired) electrons. The zero-order chi connectivity index (χ0) is 10.7. The van der Waals surface area contributed by atoms with E-state index in [4.69, 9.17) is 14.2 Å². The number of hydrogen-bond acceptors (Lipinski definition) is 3. The van der Waals surface area contributed by atoms with Crippen LogP contribution in [-0.2, 0) is 14.2 Å². The van der Waals surface area contributed by atoms with Crippen molar-refractivity contribution in [3.63, 3.8) is 0 Å². The van der Waals surface area contributed by atoms with Crippen LogP contribution in [0.15, 0.2) is 0 Å². The highest BCUT2D eigenvalue weighted by Crippen LogP contribution is 2.60. The monoisotopic (exact) mass is 234 g/mol. The van der Waals surface area contributed by atoms with Crippen LogP contribution in [0.4, 0.5) is 0 Å². The van der Waals surface area contributed by atoms with Crippen LogP contribution in [0, 0.1) is 23.7 Å². The van der Waals surface area contributed by atoms with Crippen molar-refractivity contribution < 1.29 is 14.2 Å². The standard InChI is InChI=1S/C14H18O3/c1-5-3-9(7(1)13-11(5)16-13)15-10-4-6-2-8(10)14-12(6)17-14/h5-14H,1-4H2. The first-order valence-corrected chi connectivity index (χ1v) is 7.35. The summed E-state index contributed by atoms with van der Waals surface area (Å²) in [5.74, 6) is 3.14. The fourth-order valence-corrected chi connectivity index (χ4v) is 5.63. The van der Waals surface area contributed by atoms with Gasteiger partial charge in [0.05, 0.1) is 36.6 Å². The van der Waals surface area contributed by atoms with Gasteiger partial charge in [-0.05, 0) is 37.5 Å². The smallest absolute Gasteiger partial charge is 0.0897 e. The Balaban J connectivity index is 1.21. The molecule has 2 saturated heterocycles. The Kier molecular flexibility index (Phi) is 1.35. The topological polar surface area (TPSA) is 34.3 Å². The maximum Gasteiger partial charge on any atom is 0.0897 e. The Morgan fingerprint density at radius 3 is 1.59 bits per heavy atom. The van der Waals surface area contributed by atoms with E-state index in [0.29, 0.717) is 36.6 Å². The molecule has 92 valence electrons. The lowest BCUT2D eigenvalue weighted by atomic mass is 9.94. The summed E-state index contributed by atoms with van der Waals surface area (Å²) < 4.78 is 17.9. The number of rotatable bonds is 2. The number of hydrogen-bond donors (Lipinski definition) is 0. The third-order valence-electron chi connectivity index (χ3n) is 6.42. The Morgan fingerprint density at radius 2 is 1.18 bits per heavy atom. The van der Waals surface area contributed by atoms with Crippen molar-refractivity contribution in [3.8, 4) is 0 Å². The van der Waals surface area contributed by atoms with Gasteiger partial charge in [-0.15, -0.1) is 0 Å². The summed E-state index contributed by atoms with van der Waals surface area (Å²) in [4.78, 5) is 0. The van der Waals surface area contributed by atoms with Crippen LogP contribution in [0.2, 0.25) is 0 Å². The largest absolute Gasteiger partial charge is 0.374 e. The zero-order valence-corrected chi connectivity index (χ0v) is 9.83. The van der Waals surface area contributed by atoms with Crippen LogP contribution in [0.25, 0.3) is 0 Å². The van der Waals surface area contributed by atoms with E-state index in [2.05, 4.69) is 0 Å². The van der Waals surface area contributed by atoms with Crippen LogP contribution in [0.1, 0.15) is 25.7 Å². The maximum absolute atomic E-state index is 6.47. The first-order valence-electron chi connectivity index (χ1n) is 7.35. The second kappa shape index (κ2) is 2.59. The van der Waals surface area contributed by atoms with E-state index in [1.165, 1.54) is 25.7 Å². The molecule has 0 aromatic rings. The molecule has 0 amide bonds. The highest BCUT2D eigenvalue weighted by molar-refractivity contribution is 5.14. The van der Waals surface area contributed by atoms with E-state index >= 15 is 0 Å². The van der Waals surface area contributed by atoms with E-state index in [-0.39, 0.29) is 0 Å². The van der Waals surface area contributed by atoms with Crippen LogP contribution < -0.4 is 0 Å². The summed E-state index contributed by atoms with van der Waals surface area (Å²) in [6.45, 7) is 0. The fourth-order valence-electron chi connectivity index (χ4n) is 5.63. The SMILES string of the molecule is C1C2CC(C1OC1CC3CC1C1OC31)C1OC21. The average Bonchev–Trinajstić information content (AvgIpc) is 3.18. The lowest BCUT2D eigenvalue weighted by Gasteiger charge is -2.28. The van der Waals surface area contributed by atoms with Gasteiger partial charge in [0, 0.05) is 11.8 Å². The molecule has 2 aliphatic heterocycles. The molecule has 4 aliphatic carbocycles. The quantitative estimate of drug-likeness (QED) is 0.676. The Labute approximate surface area is 101 Å². The lowest BCUT2D eigenvalue weighted by molar-refractivity contribution is -0.0600. The summed E-state index contributed by atoms with van der Waals surface area (Å²) in [6, 6.07) is 0. The van der Waals surface area contributed by atoms with Gasteiger partial charge in [0.25, 0.3) is 0 Å². The molecule has 0 spiro atoms. The van der Waals surface area contributed by atoms with Gasteiger partial charge in [0.2, 0.25) is 0 Å². The molecule has 2 heterocycles. The highest BCUT2D eigenvalue weighted by Gasteiger charge is 2.67. The van der Waals surface area contributed by atoms with Crippen LogP contribution in [-0.4, -0.2) is 36.6 Å². The molecule has 3 heteroatoms. The van der Waals surface area contributed by atoms with Crippen molar-refractivity contribution in [2.75, 3.05) is 0 Å². The predicted molar refractivity (Wildman–Crippen MR) is 58.4 cm³/mol. The third kappa shape index (κ3) is 0.980. The minimum Gasteiger partial charge on any atom is -0.374 e. The summed E-state index contributed by atoms with van der Waals surface area (Å²) in [7, 11) is 0. The van der Waals surface area contributed by atoms with Crippen molar-refractivity contribution in [2.24, 2.45) is 23.7 Å². The van der Waals surface area contributed by atoms with E-state index in [0.717, 1.165) is 23.7 Å². The van der Waals surface area contributed by atoms with E-state index < -0.39 is 0 Å². The maximum atomic E-state index is 6.47. The molecule has 6 rings (SSSR count). The molecular formula is C14H18O3. The molecular weight excluding hydrogens is 216 g/mol. The summed E-state index contributed by atoms with van der Waals surface area (Å²) in [6.07, 6.45) is 8.78. The van der Waals surface area contributed by atoms with E-state index in [1.807, 2.05) is 0 Å². The van der Waals surface area contributed by atoms with Crippen molar-refractivity contribution in [2.45, 2.75) is 62.3 Å². The molecule has 17 heavy (non-hydrogen) atoms. The normalized spacial score (nSPS) is 72.7. The predicted octanol–water partition coefficient (Wildman–Crippen LogP) is 1.35. The molecule has 0 N–H and O–H groups in total. The molecule has 0 aromatic heterocycles. The van der Waals surface area contributed by atoms with E-state index in [1.54, 1.807) is 0 Å². The van der Waals surface area contributed by atoms with Crippen LogP contribution in [0.3, 0.4) is 0 Å². The van der Waals surface area contributed by atoms with Crippen molar-refractivity contribution in [1.82, 2.24) is 0 Å². The van der Waals surface area contributed by atoms with Gasteiger partial charge in [0.15, 0.2) is 0 Å². The molecule has 4 saturated carbocycles. The Bertz CT molecular complexity index is 361. The van der Waals surface area contributed by atoms with Crippen molar-refractivity contribution in [1.29, 1.82) is 0 Å².